The van der Waals surface area contributed by atoms with E-state index in [2.05, 4.69) is 0 Å². The highest BCUT2D eigenvalue weighted by Crippen LogP contribution is 2.36. The summed E-state index contributed by atoms with van der Waals surface area (Å²) in [7, 11) is 0. The number of amides is 2. The van der Waals surface area contributed by atoms with E-state index in [0.717, 1.165) is 16.7 Å². The van der Waals surface area contributed by atoms with Gasteiger partial charge in [-0.2, -0.15) is 0 Å². The van der Waals surface area contributed by atoms with E-state index in [1.807, 2.05) is 91.0 Å². The second kappa shape index (κ2) is 13.4. The van der Waals surface area contributed by atoms with Crippen molar-refractivity contribution in [3.05, 3.63) is 143 Å². The van der Waals surface area contributed by atoms with Gasteiger partial charge in [-0.05, 0) is 28.8 Å². The maximum absolute atomic E-state index is 13.8. The summed E-state index contributed by atoms with van der Waals surface area (Å²) in [4.78, 5) is 28.8. The Labute approximate surface area is 250 Å². The maximum atomic E-state index is 13.8. The van der Waals surface area contributed by atoms with Gasteiger partial charge in [-0.1, -0.05) is 103 Å². The first-order valence-electron chi connectivity index (χ1n) is 14.3. The van der Waals surface area contributed by atoms with E-state index in [1.165, 1.54) is 4.90 Å². The van der Waals surface area contributed by atoms with Crippen LogP contribution in [0.3, 0.4) is 0 Å². The van der Waals surface area contributed by atoms with Crippen molar-refractivity contribution >= 4 is 11.8 Å². The monoisotopic (exact) mass is 579 g/mol. The second-order valence-corrected chi connectivity index (χ2v) is 10.6. The summed E-state index contributed by atoms with van der Waals surface area (Å²) < 4.78 is 25.6. The summed E-state index contributed by atoms with van der Waals surface area (Å²) in [5.41, 5.74) is 3.32. The molecule has 0 radical (unpaired) electrons. The minimum absolute atomic E-state index is 0.157. The van der Waals surface area contributed by atoms with Crippen LogP contribution in [0.2, 0.25) is 0 Å². The molecule has 1 fully saturated rings. The number of hydrogen-bond donors (Lipinski definition) is 1. The Morgan fingerprint density at radius 3 is 1.47 bits per heavy atom. The molecule has 2 aliphatic rings. The van der Waals surface area contributed by atoms with Crippen LogP contribution in [0.5, 0.6) is 0 Å². The minimum atomic E-state index is -1.10. The Morgan fingerprint density at radius 2 is 1.00 bits per heavy atom. The normalized spacial score (nSPS) is 23.4. The van der Waals surface area contributed by atoms with Crippen LogP contribution < -0.4 is 0 Å². The molecular weight excluding hydrogens is 546 g/mol. The van der Waals surface area contributed by atoms with Crippen molar-refractivity contribution in [1.82, 2.24) is 4.90 Å². The molecule has 220 valence electrons. The van der Waals surface area contributed by atoms with Gasteiger partial charge in [0.25, 0.3) is 11.8 Å². The van der Waals surface area contributed by atoms with E-state index in [0.29, 0.717) is 11.1 Å². The Morgan fingerprint density at radius 1 is 0.581 bits per heavy atom. The molecule has 2 amide bonds. The Balaban J connectivity index is 1.38. The maximum Gasteiger partial charge on any atom is 0.262 e. The Hall–Kier alpha value is -4.18. The van der Waals surface area contributed by atoms with Gasteiger partial charge < -0.3 is 24.1 Å². The van der Waals surface area contributed by atoms with Gasteiger partial charge >= 0.3 is 0 Å². The molecule has 2 heterocycles. The Bertz CT molecular complexity index is 1480. The summed E-state index contributed by atoms with van der Waals surface area (Å²) in [6.45, 7) is 0.163. The van der Waals surface area contributed by atoms with Crippen molar-refractivity contribution in [3.63, 3.8) is 0 Å². The fourth-order valence-electron chi connectivity index (χ4n) is 5.60. The number of fused-ring (bicyclic) bond motifs is 1. The molecule has 0 aliphatic carbocycles. The van der Waals surface area contributed by atoms with E-state index in [4.69, 9.17) is 18.9 Å². The summed E-state index contributed by atoms with van der Waals surface area (Å²) in [6.07, 6.45) is -3.67. The average molecular weight is 580 g/mol. The van der Waals surface area contributed by atoms with Crippen LogP contribution in [-0.2, 0) is 38.8 Å². The fraction of sp³-hybridized carbons (Fsp3) is 0.257. The predicted molar refractivity (Wildman–Crippen MR) is 158 cm³/mol. The molecule has 1 N–H and O–H groups in total. The van der Waals surface area contributed by atoms with E-state index in [9.17, 15) is 14.7 Å². The summed E-state index contributed by atoms with van der Waals surface area (Å²) >= 11 is 0. The molecule has 2 aliphatic heterocycles. The first kappa shape index (κ1) is 28.9. The SMILES string of the molecule is O=C1c2ccccc2C(=O)N1[C@H]1[C@H](OCc2ccccc2)O[C@H](CO)[C@@H](OCc2ccccc2)[C@@H]1OCc1ccccc1. The van der Waals surface area contributed by atoms with Gasteiger partial charge in [0.2, 0.25) is 0 Å². The lowest BCUT2D eigenvalue weighted by Crippen LogP contribution is -2.67. The topological polar surface area (TPSA) is 94.5 Å². The number of rotatable bonds is 11. The van der Waals surface area contributed by atoms with Gasteiger partial charge in [-0.3, -0.25) is 14.5 Å². The second-order valence-electron chi connectivity index (χ2n) is 10.6. The predicted octanol–water partition coefficient (Wildman–Crippen LogP) is 4.76. The smallest absolute Gasteiger partial charge is 0.262 e. The third-order valence-corrected chi connectivity index (χ3v) is 7.75. The van der Waals surface area contributed by atoms with Gasteiger partial charge in [0.05, 0.1) is 37.6 Å². The standard InChI is InChI=1S/C35H33NO7/c37-20-29-31(40-21-24-12-4-1-5-13-24)32(41-22-25-14-6-2-7-15-25)30(35(43-29)42-23-26-16-8-3-9-17-26)36-33(38)27-18-10-11-19-28(27)34(36)39/h1-19,29-32,35,37H,20-23H2/t29-,30-,31-,32-,35-/m1/s1. The molecule has 0 unspecified atom stereocenters. The summed E-state index contributed by atoms with van der Waals surface area (Å²) in [5, 5.41) is 10.5. The number of carbonyl (C=O) groups is 2. The molecular formula is C35H33NO7. The van der Waals surface area contributed by atoms with Crippen LogP contribution in [0.4, 0.5) is 0 Å². The molecule has 4 aromatic rings. The number of hydrogen-bond acceptors (Lipinski definition) is 7. The number of nitrogens with zero attached hydrogens (tertiary/aromatic N) is 1. The molecule has 6 rings (SSSR count). The van der Waals surface area contributed by atoms with Crippen LogP contribution in [0.1, 0.15) is 37.4 Å². The van der Waals surface area contributed by atoms with Gasteiger partial charge in [0.15, 0.2) is 6.29 Å². The lowest BCUT2D eigenvalue weighted by molar-refractivity contribution is -0.299. The Kier molecular flexibility index (Phi) is 9.02. The van der Waals surface area contributed by atoms with Gasteiger partial charge in [-0.15, -0.1) is 0 Å². The third-order valence-electron chi connectivity index (χ3n) is 7.75. The molecule has 43 heavy (non-hydrogen) atoms. The van der Waals surface area contributed by atoms with Gasteiger partial charge in [-0.25, -0.2) is 0 Å². The molecule has 8 nitrogen and oxygen atoms in total. The number of imide groups is 1. The average Bonchev–Trinajstić information content (AvgIpc) is 3.31. The van der Waals surface area contributed by atoms with Crippen molar-refractivity contribution in [3.8, 4) is 0 Å². The van der Waals surface area contributed by atoms with Crippen molar-refractivity contribution in [2.24, 2.45) is 0 Å². The van der Waals surface area contributed by atoms with Gasteiger partial charge in [0.1, 0.15) is 24.4 Å². The van der Waals surface area contributed by atoms with E-state index in [1.54, 1.807) is 24.3 Å². The summed E-state index contributed by atoms with van der Waals surface area (Å²) in [6, 6.07) is 34.5. The highest BCUT2D eigenvalue weighted by atomic mass is 16.7. The van der Waals surface area contributed by atoms with Gasteiger partial charge in [0, 0.05) is 0 Å². The zero-order chi connectivity index (χ0) is 29.6. The van der Waals surface area contributed by atoms with E-state index in [-0.39, 0.29) is 26.4 Å². The molecule has 0 bridgehead atoms. The lowest BCUT2D eigenvalue weighted by atomic mass is 9.94. The highest BCUT2D eigenvalue weighted by Gasteiger charge is 2.55. The molecule has 0 aromatic heterocycles. The van der Waals surface area contributed by atoms with Crippen LogP contribution in [0, 0.1) is 0 Å². The van der Waals surface area contributed by atoms with Crippen LogP contribution in [0.15, 0.2) is 115 Å². The van der Waals surface area contributed by atoms with E-state index >= 15 is 0 Å². The van der Waals surface area contributed by atoms with Crippen LogP contribution in [-0.4, -0.2) is 59.1 Å². The highest BCUT2D eigenvalue weighted by molar-refractivity contribution is 6.21. The number of ether oxygens (including phenoxy) is 4. The van der Waals surface area contributed by atoms with Crippen LogP contribution >= 0.6 is 0 Å². The first-order chi connectivity index (χ1) is 21.1. The quantitative estimate of drug-likeness (QED) is 0.256. The zero-order valence-corrected chi connectivity index (χ0v) is 23.5. The lowest BCUT2D eigenvalue weighted by Gasteiger charge is -2.48. The van der Waals surface area contributed by atoms with Crippen molar-refractivity contribution in [1.29, 1.82) is 0 Å². The van der Waals surface area contributed by atoms with Crippen molar-refractivity contribution < 1.29 is 33.6 Å². The minimum Gasteiger partial charge on any atom is -0.394 e. The van der Waals surface area contributed by atoms with E-state index < -0.39 is 42.5 Å². The summed E-state index contributed by atoms with van der Waals surface area (Å²) in [5.74, 6) is -0.917. The van der Waals surface area contributed by atoms with Crippen molar-refractivity contribution in [2.45, 2.75) is 50.5 Å². The molecule has 0 spiro atoms. The van der Waals surface area contributed by atoms with Crippen LogP contribution in [0.25, 0.3) is 0 Å². The largest absolute Gasteiger partial charge is 0.394 e. The number of carbonyl (C=O) groups excluding carboxylic acids is 2. The number of benzene rings is 4. The molecule has 4 aromatic carbocycles. The zero-order valence-electron chi connectivity index (χ0n) is 23.5. The molecule has 5 atom stereocenters. The first-order valence-corrected chi connectivity index (χ1v) is 14.3. The molecule has 1 saturated heterocycles. The van der Waals surface area contributed by atoms with Crippen molar-refractivity contribution in [2.75, 3.05) is 6.61 Å². The molecule has 0 saturated carbocycles. The fourth-order valence-corrected chi connectivity index (χ4v) is 5.60. The third kappa shape index (κ3) is 6.29. The molecule has 8 heteroatoms. The number of aliphatic hydroxyl groups excluding tert-OH is 1. The number of aliphatic hydroxyl groups is 1.